The van der Waals surface area contributed by atoms with Crippen molar-refractivity contribution in [3.8, 4) is 0 Å². The van der Waals surface area contributed by atoms with Gasteiger partial charge in [-0.1, -0.05) is 48.5 Å². The molecule has 41 heavy (non-hydrogen) atoms. The van der Waals surface area contributed by atoms with Crippen molar-refractivity contribution in [1.29, 1.82) is 0 Å². The van der Waals surface area contributed by atoms with Gasteiger partial charge in [-0.05, 0) is 87.3 Å². The van der Waals surface area contributed by atoms with Crippen LogP contribution in [0.25, 0.3) is 45.5 Å². The minimum absolute atomic E-state index is 0.830. The molecule has 0 atom stereocenters. The van der Waals surface area contributed by atoms with E-state index in [9.17, 15) is 0 Å². The third-order valence-corrected chi connectivity index (χ3v) is 9.09. The molecule has 0 saturated heterocycles. The lowest BCUT2D eigenvalue weighted by Crippen LogP contribution is -2.02. The van der Waals surface area contributed by atoms with Crippen LogP contribution in [0.3, 0.4) is 0 Å². The van der Waals surface area contributed by atoms with Crippen LogP contribution in [0.5, 0.6) is 0 Å². The van der Waals surface area contributed by atoms with Gasteiger partial charge in [-0.2, -0.15) is 0 Å². The number of hydrogen-bond donors (Lipinski definition) is 2. The molecule has 0 aromatic carbocycles. The fourth-order valence-electron chi connectivity index (χ4n) is 7.20. The van der Waals surface area contributed by atoms with E-state index in [0.717, 1.165) is 91.0 Å². The molecule has 5 heteroatoms. The quantitative estimate of drug-likeness (QED) is 0.231. The van der Waals surface area contributed by atoms with Gasteiger partial charge in [0.1, 0.15) is 0 Å². The molecule has 216 valence electrons. The van der Waals surface area contributed by atoms with E-state index < -0.39 is 0 Å². The monoisotopic (exact) mass is 549 g/mol. The van der Waals surface area contributed by atoms with Crippen molar-refractivity contribution < 1.29 is 0 Å². The van der Waals surface area contributed by atoms with Crippen molar-refractivity contribution in [1.82, 2.24) is 19.5 Å². The zero-order valence-electron chi connectivity index (χ0n) is 26.4. The highest BCUT2D eigenvalue weighted by molar-refractivity contribution is 5.95. The molecule has 2 aliphatic rings. The van der Waals surface area contributed by atoms with E-state index in [1.807, 2.05) is 0 Å². The molecule has 2 aliphatic heterocycles. The topological polar surface area (TPSA) is 72.5 Å². The van der Waals surface area contributed by atoms with Gasteiger partial charge in [-0.15, -0.1) is 0 Å². The van der Waals surface area contributed by atoms with Crippen LogP contribution in [0.4, 0.5) is 0 Å². The first-order valence-electron chi connectivity index (χ1n) is 15.9. The summed E-state index contributed by atoms with van der Waals surface area (Å²) in [5.74, 6) is 0. The Hall–Kier alpha value is -3.60. The van der Waals surface area contributed by atoms with Crippen molar-refractivity contribution >= 4 is 45.5 Å². The second-order valence-corrected chi connectivity index (χ2v) is 11.0. The minimum Gasteiger partial charge on any atom is -0.397 e. The summed E-state index contributed by atoms with van der Waals surface area (Å²) >= 11 is 0. The van der Waals surface area contributed by atoms with E-state index in [2.05, 4.69) is 89.2 Å². The molecular formula is C36H47N5. The van der Waals surface area contributed by atoms with Gasteiger partial charge in [-0.3, -0.25) is 0 Å². The van der Waals surface area contributed by atoms with Crippen LogP contribution in [-0.4, -0.2) is 19.5 Å². The number of nitrogens with zero attached hydrogens (tertiary/aromatic N) is 3. The van der Waals surface area contributed by atoms with E-state index >= 15 is 0 Å². The summed E-state index contributed by atoms with van der Waals surface area (Å²) < 4.78 is 2.57. The van der Waals surface area contributed by atoms with Crippen LogP contribution < -0.4 is 5.73 Å². The molecule has 5 nitrogen and oxygen atoms in total. The Morgan fingerprint density at radius 3 is 1.61 bits per heavy atom. The van der Waals surface area contributed by atoms with Gasteiger partial charge in [0, 0.05) is 45.4 Å². The van der Waals surface area contributed by atoms with Crippen LogP contribution in [0.15, 0.2) is 12.1 Å². The van der Waals surface area contributed by atoms with Crippen molar-refractivity contribution in [2.45, 2.75) is 107 Å². The highest BCUT2D eigenvalue weighted by atomic mass is 15.0. The zero-order chi connectivity index (χ0) is 29.4. The first-order chi connectivity index (χ1) is 19.9. The number of allylic oxidation sites excluding steroid dienone is 1. The van der Waals surface area contributed by atoms with Crippen LogP contribution in [0.1, 0.15) is 118 Å². The number of rotatable bonds is 8. The Bertz CT molecular complexity index is 1720. The molecule has 5 heterocycles. The van der Waals surface area contributed by atoms with Crippen LogP contribution in [-0.2, 0) is 45.1 Å². The summed E-state index contributed by atoms with van der Waals surface area (Å²) in [6.45, 7) is 18.9. The maximum Gasteiger partial charge on any atom is 0.0922 e. The number of aromatic nitrogens is 4. The highest BCUT2D eigenvalue weighted by Crippen LogP contribution is 2.39. The predicted molar refractivity (Wildman–Crippen MR) is 177 cm³/mol. The molecule has 0 aliphatic carbocycles. The van der Waals surface area contributed by atoms with Crippen molar-refractivity contribution in [3.05, 3.63) is 68.3 Å². The van der Waals surface area contributed by atoms with Gasteiger partial charge >= 0.3 is 0 Å². The summed E-state index contributed by atoms with van der Waals surface area (Å²) in [5, 5.41) is 0. The molecule has 0 spiro atoms. The van der Waals surface area contributed by atoms with Gasteiger partial charge < -0.3 is 15.3 Å². The number of nitrogens with two attached hydrogens (primary N) is 1. The number of H-pyrrole nitrogens is 1. The zero-order valence-corrected chi connectivity index (χ0v) is 26.4. The first-order valence-corrected chi connectivity index (χ1v) is 15.9. The molecule has 8 bridgehead atoms. The number of nitrogens with one attached hydrogen (secondary N) is 1. The fourth-order valence-corrected chi connectivity index (χ4v) is 7.20. The molecule has 3 N–H and O–H groups in total. The Kier molecular flexibility index (Phi) is 8.26. The normalized spacial score (nSPS) is 13.1. The van der Waals surface area contributed by atoms with Crippen LogP contribution in [0, 0.1) is 0 Å². The van der Waals surface area contributed by atoms with Gasteiger partial charge in [0.25, 0.3) is 0 Å². The van der Waals surface area contributed by atoms with Crippen molar-refractivity contribution in [2.24, 2.45) is 5.73 Å². The second kappa shape index (κ2) is 11.7. The summed E-state index contributed by atoms with van der Waals surface area (Å²) in [6.07, 6.45) is 10.8. The highest BCUT2D eigenvalue weighted by Gasteiger charge is 2.26. The molecule has 0 radical (unpaired) electrons. The Balaban J connectivity index is 2.18. The first kappa shape index (κ1) is 28.9. The number of aromatic amines is 1. The molecule has 0 fully saturated rings. The lowest BCUT2D eigenvalue weighted by molar-refractivity contribution is 0.810. The molecule has 0 saturated carbocycles. The summed E-state index contributed by atoms with van der Waals surface area (Å²) in [4.78, 5) is 14.5. The minimum atomic E-state index is 0.830. The third-order valence-electron chi connectivity index (χ3n) is 9.09. The van der Waals surface area contributed by atoms with Gasteiger partial charge in [-0.25, -0.2) is 9.97 Å². The lowest BCUT2D eigenvalue weighted by atomic mass is 9.97. The van der Waals surface area contributed by atoms with Crippen LogP contribution in [0.2, 0.25) is 0 Å². The Morgan fingerprint density at radius 2 is 1.10 bits per heavy atom. The van der Waals surface area contributed by atoms with Crippen LogP contribution >= 0.6 is 0 Å². The molecule has 5 rings (SSSR count). The van der Waals surface area contributed by atoms with E-state index in [0.29, 0.717) is 0 Å². The molecule has 3 aromatic heterocycles. The average Bonchev–Trinajstić information content (AvgIpc) is 3.77. The van der Waals surface area contributed by atoms with E-state index in [1.165, 1.54) is 50.0 Å². The Labute approximate surface area is 245 Å². The molecule has 0 amide bonds. The maximum absolute atomic E-state index is 6.99. The van der Waals surface area contributed by atoms with Gasteiger partial charge in [0.05, 0.1) is 39.5 Å². The number of hydrogen-bond acceptors (Lipinski definition) is 3. The second-order valence-electron chi connectivity index (χ2n) is 11.0. The molecular weight excluding hydrogens is 502 g/mol. The Morgan fingerprint density at radius 1 is 0.585 bits per heavy atom. The average molecular weight is 550 g/mol. The van der Waals surface area contributed by atoms with E-state index in [-0.39, 0.29) is 0 Å². The lowest BCUT2D eigenvalue weighted by Gasteiger charge is -2.12. The van der Waals surface area contributed by atoms with E-state index in [1.54, 1.807) is 0 Å². The third kappa shape index (κ3) is 4.45. The maximum atomic E-state index is 6.99. The summed E-state index contributed by atoms with van der Waals surface area (Å²) in [5.41, 5.74) is 26.0. The van der Waals surface area contributed by atoms with Gasteiger partial charge in [0.15, 0.2) is 0 Å². The largest absolute Gasteiger partial charge is 0.397 e. The summed E-state index contributed by atoms with van der Waals surface area (Å²) in [6, 6.07) is 4.39. The number of aryl methyl sites for hydroxylation is 7. The molecule has 0 unspecified atom stereocenters. The standard InChI is InChI=1S/C36H47N5/c1-9-21-22(10-2)36-27(15-7)33-26(14-6)32(37)34(40-33)24(12-4)30-19-17-28(38-30)23(11-3)29-18-20-31(39-29)25(13-5)35(21)41(36)16-8/h17-20,38H,9-16,37H2,1-8H3. The fraction of sp³-hybridized carbons (Fsp3) is 0.444. The summed E-state index contributed by atoms with van der Waals surface area (Å²) in [7, 11) is 0. The van der Waals surface area contributed by atoms with Gasteiger partial charge in [0.2, 0.25) is 0 Å². The van der Waals surface area contributed by atoms with E-state index in [4.69, 9.17) is 15.7 Å². The van der Waals surface area contributed by atoms with Crippen molar-refractivity contribution in [2.75, 3.05) is 0 Å². The number of fused-ring (bicyclic) bond motifs is 8. The van der Waals surface area contributed by atoms with Crippen molar-refractivity contribution in [3.63, 3.8) is 0 Å². The predicted octanol–water partition coefficient (Wildman–Crippen LogP) is 8.59. The smallest absolute Gasteiger partial charge is 0.0922 e. The SMILES string of the molecule is CCC1=C(N)c2nc1c(CC)c1c(CC)c(CC)c(c(CC)c3nc(c(CC)c4ccc([nH]4)c2CC)C=C3)n1CC. The molecule has 3 aromatic rings.